The van der Waals surface area contributed by atoms with E-state index in [1.165, 1.54) is 12.8 Å². The number of anilines is 1. The number of rotatable bonds is 5. The van der Waals surface area contributed by atoms with Crippen LogP contribution in [0.4, 0.5) is 5.69 Å². The van der Waals surface area contributed by atoms with Crippen molar-refractivity contribution in [3.63, 3.8) is 0 Å². The van der Waals surface area contributed by atoms with Gasteiger partial charge in [0.25, 0.3) is 0 Å². The average Bonchev–Trinajstić information content (AvgIpc) is 3.19. The molecular formula is C18H19NO2S. The van der Waals surface area contributed by atoms with E-state index in [-0.39, 0.29) is 5.91 Å². The Kier molecular flexibility index (Phi) is 4.91. The van der Waals surface area contributed by atoms with Crippen molar-refractivity contribution >= 4 is 29.0 Å². The molecule has 0 bridgehead atoms. The van der Waals surface area contributed by atoms with Gasteiger partial charge in [-0.05, 0) is 55.3 Å². The Bertz CT molecular complexity index is 643. The molecular weight excluding hydrogens is 294 g/mol. The molecule has 3 nitrogen and oxygen atoms in total. The first-order valence-electron chi connectivity index (χ1n) is 7.59. The summed E-state index contributed by atoms with van der Waals surface area (Å²) in [7, 11) is 0. The van der Waals surface area contributed by atoms with Gasteiger partial charge < -0.3 is 10.1 Å². The van der Waals surface area contributed by atoms with Crippen LogP contribution >= 0.6 is 11.3 Å². The standard InChI is InChI=1S/C18H19NO2S/c20-18(11-10-17-9-4-12-22-17)19-14-5-3-8-16(13-14)21-15-6-1-2-7-15/h3-5,8-13,15H,1-2,6-7H2,(H,19,20). The fourth-order valence-corrected chi connectivity index (χ4v) is 3.19. The van der Waals surface area contributed by atoms with Gasteiger partial charge in [-0.3, -0.25) is 4.79 Å². The van der Waals surface area contributed by atoms with Crippen molar-refractivity contribution in [2.75, 3.05) is 5.32 Å². The highest BCUT2D eigenvalue weighted by molar-refractivity contribution is 7.10. The quantitative estimate of drug-likeness (QED) is 0.811. The van der Waals surface area contributed by atoms with Crippen LogP contribution in [0.25, 0.3) is 6.08 Å². The van der Waals surface area contributed by atoms with Crippen molar-refractivity contribution in [1.82, 2.24) is 0 Å². The van der Waals surface area contributed by atoms with Gasteiger partial charge in [-0.1, -0.05) is 12.1 Å². The van der Waals surface area contributed by atoms with Crippen LogP contribution in [0.3, 0.4) is 0 Å². The molecule has 114 valence electrons. The summed E-state index contributed by atoms with van der Waals surface area (Å²) >= 11 is 1.60. The highest BCUT2D eigenvalue weighted by Crippen LogP contribution is 2.25. The molecule has 0 aliphatic heterocycles. The topological polar surface area (TPSA) is 38.3 Å². The van der Waals surface area contributed by atoms with E-state index in [0.29, 0.717) is 6.10 Å². The number of amides is 1. The number of benzene rings is 1. The third kappa shape index (κ3) is 4.21. The largest absolute Gasteiger partial charge is 0.490 e. The van der Waals surface area contributed by atoms with Gasteiger partial charge in [0.2, 0.25) is 5.91 Å². The highest BCUT2D eigenvalue weighted by atomic mass is 32.1. The molecule has 1 aromatic heterocycles. The first kappa shape index (κ1) is 14.9. The van der Waals surface area contributed by atoms with E-state index in [2.05, 4.69) is 5.32 Å². The number of carbonyl (C=O) groups is 1. The molecule has 0 spiro atoms. The SMILES string of the molecule is O=C(C=Cc1cccs1)Nc1cccc(OC2CCCC2)c1. The van der Waals surface area contributed by atoms with Gasteiger partial charge in [-0.25, -0.2) is 0 Å². The Balaban J connectivity index is 1.58. The summed E-state index contributed by atoms with van der Waals surface area (Å²) in [5, 5.41) is 4.86. The normalized spacial score (nSPS) is 15.3. The van der Waals surface area contributed by atoms with E-state index in [1.54, 1.807) is 17.4 Å². The molecule has 0 radical (unpaired) electrons. The minimum atomic E-state index is -0.133. The summed E-state index contributed by atoms with van der Waals surface area (Å²) in [4.78, 5) is 13.0. The summed E-state index contributed by atoms with van der Waals surface area (Å²) in [5.74, 6) is 0.693. The van der Waals surface area contributed by atoms with Crippen molar-refractivity contribution < 1.29 is 9.53 Å². The molecule has 1 aliphatic rings. The minimum absolute atomic E-state index is 0.133. The van der Waals surface area contributed by atoms with E-state index < -0.39 is 0 Å². The lowest BCUT2D eigenvalue weighted by molar-refractivity contribution is -0.111. The number of carbonyl (C=O) groups excluding carboxylic acids is 1. The van der Waals surface area contributed by atoms with E-state index in [9.17, 15) is 4.79 Å². The molecule has 1 fully saturated rings. The van der Waals surface area contributed by atoms with Crippen molar-refractivity contribution in [1.29, 1.82) is 0 Å². The molecule has 1 amide bonds. The van der Waals surface area contributed by atoms with Crippen LogP contribution in [0.5, 0.6) is 5.75 Å². The summed E-state index contributed by atoms with van der Waals surface area (Å²) in [5.41, 5.74) is 0.760. The third-order valence-electron chi connectivity index (χ3n) is 3.65. The first-order valence-corrected chi connectivity index (χ1v) is 8.47. The second-order valence-corrected chi connectivity index (χ2v) is 6.37. The van der Waals surface area contributed by atoms with Crippen LogP contribution in [-0.4, -0.2) is 12.0 Å². The Morgan fingerprint density at radius 3 is 2.86 bits per heavy atom. The number of ether oxygens (including phenoxy) is 1. The van der Waals surface area contributed by atoms with Gasteiger partial charge in [0.15, 0.2) is 0 Å². The maximum atomic E-state index is 11.9. The van der Waals surface area contributed by atoms with Crippen molar-refractivity contribution in [2.45, 2.75) is 31.8 Å². The summed E-state index contributed by atoms with van der Waals surface area (Å²) < 4.78 is 5.95. The van der Waals surface area contributed by atoms with Crippen LogP contribution in [-0.2, 0) is 4.79 Å². The lowest BCUT2D eigenvalue weighted by Crippen LogP contribution is -2.11. The number of hydrogen-bond acceptors (Lipinski definition) is 3. The molecule has 1 aromatic carbocycles. The number of nitrogens with one attached hydrogen (secondary N) is 1. The van der Waals surface area contributed by atoms with Gasteiger partial charge in [-0.15, -0.1) is 11.3 Å². The maximum Gasteiger partial charge on any atom is 0.248 e. The molecule has 0 saturated heterocycles. The molecule has 22 heavy (non-hydrogen) atoms. The third-order valence-corrected chi connectivity index (χ3v) is 4.49. The van der Waals surface area contributed by atoms with Crippen molar-refractivity contribution in [3.05, 3.63) is 52.7 Å². The Morgan fingerprint density at radius 2 is 2.09 bits per heavy atom. The molecule has 1 saturated carbocycles. The lowest BCUT2D eigenvalue weighted by atomic mass is 10.2. The average molecular weight is 313 g/mol. The van der Waals surface area contributed by atoms with Crippen molar-refractivity contribution in [3.8, 4) is 5.75 Å². The predicted octanol–water partition coefficient (Wildman–Crippen LogP) is 4.72. The van der Waals surface area contributed by atoms with Gasteiger partial charge in [0.05, 0.1) is 6.10 Å². The second kappa shape index (κ2) is 7.27. The molecule has 1 aliphatic carbocycles. The van der Waals surface area contributed by atoms with Gasteiger partial charge in [0.1, 0.15) is 5.75 Å². The minimum Gasteiger partial charge on any atom is -0.490 e. The van der Waals surface area contributed by atoms with Crippen LogP contribution in [0.15, 0.2) is 47.9 Å². The van der Waals surface area contributed by atoms with Gasteiger partial charge in [0, 0.05) is 22.7 Å². The predicted molar refractivity (Wildman–Crippen MR) is 91.3 cm³/mol. The lowest BCUT2D eigenvalue weighted by Gasteiger charge is -2.13. The Labute approximate surface area is 134 Å². The Hall–Kier alpha value is -2.07. The van der Waals surface area contributed by atoms with Crippen LogP contribution in [0.2, 0.25) is 0 Å². The highest BCUT2D eigenvalue weighted by Gasteiger charge is 2.16. The molecule has 2 aromatic rings. The fourth-order valence-electron chi connectivity index (χ4n) is 2.57. The van der Waals surface area contributed by atoms with E-state index >= 15 is 0 Å². The van der Waals surface area contributed by atoms with Gasteiger partial charge in [-0.2, -0.15) is 0 Å². The smallest absolute Gasteiger partial charge is 0.248 e. The van der Waals surface area contributed by atoms with Crippen LogP contribution in [0, 0.1) is 0 Å². The maximum absolute atomic E-state index is 11.9. The summed E-state index contributed by atoms with van der Waals surface area (Å²) in [6.45, 7) is 0. The number of thiophene rings is 1. The summed E-state index contributed by atoms with van der Waals surface area (Å²) in [6, 6.07) is 11.5. The molecule has 3 rings (SSSR count). The fraction of sp³-hybridized carbons (Fsp3) is 0.278. The second-order valence-electron chi connectivity index (χ2n) is 5.39. The zero-order chi connectivity index (χ0) is 15.2. The van der Waals surface area contributed by atoms with E-state index in [4.69, 9.17) is 4.74 Å². The molecule has 1 N–H and O–H groups in total. The van der Waals surface area contributed by atoms with Gasteiger partial charge >= 0.3 is 0 Å². The molecule has 0 atom stereocenters. The summed E-state index contributed by atoms with van der Waals surface area (Å²) in [6.07, 6.45) is 8.43. The molecule has 1 heterocycles. The zero-order valence-corrected chi connectivity index (χ0v) is 13.1. The van der Waals surface area contributed by atoms with E-state index in [0.717, 1.165) is 29.2 Å². The van der Waals surface area contributed by atoms with Crippen molar-refractivity contribution in [2.24, 2.45) is 0 Å². The molecule has 0 unspecified atom stereocenters. The van der Waals surface area contributed by atoms with Crippen LogP contribution in [0.1, 0.15) is 30.6 Å². The van der Waals surface area contributed by atoms with Crippen LogP contribution < -0.4 is 10.1 Å². The Morgan fingerprint density at radius 1 is 1.23 bits per heavy atom. The van der Waals surface area contributed by atoms with E-state index in [1.807, 2.05) is 47.9 Å². The number of hydrogen-bond donors (Lipinski definition) is 1. The molecule has 4 heteroatoms. The zero-order valence-electron chi connectivity index (χ0n) is 12.3. The first-order chi connectivity index (χ1) is 10.8. The monoisotopic (exact) mass is 313 g/mol.